The van der Waals surface area contributed by atoms with Crippen molar-refractivity contribution in [3.05, 3.63) is 84.0 Å². The summed E-state index contributed by atoms with van der Waals surface area (Å²) >= 11 is 0. The Kier molecular flexibility index (Phi) is 5.61. The Labute approximate surface area is 169 Å². The van der Waals surface area contributed by atoms with Crippen LogP contribution in [0.2, 0.25) is 0 Å². The van der Waals surface area contributed by atoms with Gasteiger partial charge >= 0.3 is 0 Å². The van der Waals surface area contributed by atoms with Gasteiger partial charge in [0, 0.05) is 31.9 Å². The summed E-state index contributed by atoms with van der Waals surface area (Å²) < 4.78 is 13.3. The maximum Gasteiger partial charge on any atom is 0.244 e. The minimum atomic E-state index is -0.336. The number of aromatic nitrogens is 2. The lowest BCUT2D eigenvalue weighted by atomic mass is 10.1. The molecule has 0 fully saturated rings. The van der Waals surface area contributed by atoms with Gasteiger partial charge in [-0.3, -0.25) is 4.79 Å². The fourth-order valence-electron chi connectivity index (χ4n) is 3.24. The quantitative estimate of drug-likeness (QED) is 0.679. The van der Waals surface area contributed by atoms with E-state index in [1.54, 1.807) is 12.3 Å². The lowest BCUT2D eigenvalue weighted by molar-refractivity contribution is -0.117. The molecular formula is C23H23N3O3. The maximum atomic E-state index is 12.7. The smallest absolute Gasteiger partial charge is 0.244 e. The lowest BCUT2D eigenvalue weighted by Crippen LogP contribution is -2.29. The highest BCUT2D eigenvalue weighted by Crippen LogP contribution is 2.30. The van der Waals surface area contributed by atoms with Gasteiger partial charge in [0.15, 0.2) is 11.5 Å². The zero-order valence-electron chi connectivity index (χ0n) is 16.2. The number of ether oxygens (including phenoxy) is 2. The van der Waals surface area contributed by atoms with Crippen molar-refractivity contribution >= 4 is 12.0 Å². The van der Waals surface area contributed by atoms with Crippen LogP contribution in [0.3, 0.4) is 0 Å². The summed E-state index contributed by atoms with van der Waals surface area (Å²) in [4.78, 5) is 17.1. The Morgan fingerprint density at radius 3 is 2.69 bits per heavy atom. The molecule has 1 unspecified atom stereocenters. The first-order valence-electron chi connectivity index (χ1n) is 9.61. The van der Waals surface area contributed by atoms with Gasteiger partial charge in [0.2, 0.25) is 5.91 Å². The van der Waals surface area contributed by atoms with Crippen molar-refractivity contribution in [2.45, 2.75) is 12.5 Å². The van der Waals surface area contributed by atoms with Crippen molar-refractivity contribution in [2.24, 2.45) is 7.05 Å². The molecule has 1 atom stereocenters. The predicted molar refractivity (Wildman–Crippen MR) is 111 cm³/mol. The molecule has 2 heterocycles. The molecule has 1 aliphatic heterocycles. The highest BCUT2D eigenvalue weighted by Gasteiger charge is 2.19. The molecule has 1 aliphatic rings. The fraction of sp³-hybridized carbons (Fsp3) is 0.217. The molecule has 29 heavy (non-hydrogen) atoms. The maximum absolute atomic E-state index is 12.7. The number of hydrogen-bond donors (Lipinski definition) is 1. The average Bonchev–Trinajstić information content (AvgIpc) is 3.03. The largest absolute Gasteiger partial charge is 0.490 e. The molecule has 3 aromatic rings. The molecule has 1 aromatic heterocycles. The Balaban J connectivity index is 1.51. The number of fused-ring (bicyclic) bond motifs is 1. The average molecular weight is 389 g/mol. The second-order valence-electron chi connectivity index (χ2n) is 6.84. The number of rotatable bonds is 5. The Morgan fingerprint density at radius 1 is 1.14 bits per heavy atom. The lowest BCUT2D eigenvalue weighted by Gasteiger charge is -2.18. The van der Waals surface area contributed by atoms with E-state index < -0.39 is 0 Å². The molecule has 0 spiro atoms. The van der Waals surface area contributed by atoms with E-state index in [0.717, 1.165) is 29.1 Å². The summed E-state index contributed by atoms with van der Waals surface area (Å²) in [6.07, 6.45) is 7.74. The van der Waals surface area contributed by atoms with Crippen LogP contribution in [0.15, 0.2) is 67.0 Å². The van der Waals surface area contributed by atoms with E-state index in [9.17, 15) is 4.79 Å². The molecular weight excluding hydrogens is 366 g/mol. The zero-order chi connectivity index (χ0) is 20.1. The minimum Gasteiger partial charge on any atom is -0.490 e. The molecule has 0 aliphatic carbocycles. The molecule has 1 N–H and O–H groups in total. The first-order chi connectivity index (χ1) is 14.2. The molecule has 0 bridgehead atoms. The van der Waals surface area contributed by atoms with Crippen molar-refractivity contribution in [3.63, 3.8) is 0 Å². The number of carbonyl (C=O) groups excluding carboxylic acids is 1. The van der Waals surface area contributed by atoms with Gasteiger partial charge in [0.05, 0.1) is 13.2 Å². The number of aryl methyl sites for hydroxylation is 1. The third kappa shape index (κ3) is 4.48. The van der Waals surface area contributed by atoms with Crippen LogP contribution in [-0.4, -0.2) is 28.7 Å². The van der Waals surface area contributed by atoms with Gasteiger partial charge in [-0.25, -0.2) is 4.98 Å². The molecule has 0 saturated carbocycles. The molecule has 0 radical (unpaired) electrons. The van der Waals surface area contributed by atoms with Crippen LogP contribution in [0.1, 0.15) is 29.4 Å². The first kappa shape index (κ1) is 18.8. The summed E-state index contributed by atoms with van der Waals surface area (Å²) in [6.45, 7) is 1.28. The normalized spacial score (nSPS) is 14.4. The van der Waals surface area contributed by atoms with Crippen molar-refractivity contribution in [1.82, 2.24) is 14.9 Å². The summed E-state index contributed by atoms with van der Waals surface area (Å²) in [5.74, 6) is 2.02. The van der Waals surface area contributed by atoms with Crippen molar-refractivity contribution in [3.8, 4) is 11.5 Å². The molecule has 6 nitrogen and oxygen atoms in total. The van der Waals surface area contributed by atoms with E-state index in [1.165, 1.54) is 6.08 Å². The summed E-state index contributed by atoms with van der Waals surface area (Å²) in [6, 6.07) is 15.1. The minimum absolute atomic E-state index is 0.200. The van der Waals surface area contributed by atoms with Crippen LogP contribution in [0.5, 0.6) is 11.5 Å². The van der Waals surface area contributed by atoms with Gasteiger partial charge in [0.1, 0.15) is 11.9 Å². The van der Waals surface area contributed by atoms with Crippen LogP contribution in [0.25, 0.3) is 6.08 Å². The van der Waals surface area contributed by atoms with E-state index in [2.05, 4.69) is 10.3 Å². The number of nitrogens with one attached hydrogen (secondary N) is 1. The molecule has 1 amide bonds. The van der Waals surface area contributed by atoms with Crippen LogP contribution in [0, 0.1) is 0 Å². The van der Waals surface area contributed by atoms with Crippen LogP contribution < -0.4 is 14.8 Å². The number of hydrogen-bond acceptors (Lipinski definition) is 4. The standard InChI is InChI=1S/C23H23N3O3/c1-26-13-12-24-23(26)22(18-6-3-2-4-7-18)25-21(27)11-9-17-8-10-19-20(16-17)29-15-5-14-28-19/h2-4,6-13,16,22H,5,14-15H2,1H3,(H,25,27). The van der Waals surface area contributed by atoms with Gasteiger partial charge in [-0.1, -0.05) is 36.4 Å². The van der Waals surface area contributed by atoms with Crippen molar-refractivity contribution in [2.75, 3.05) is 13.2 Å². The molecule has 0 saturated heterocycles. The van der Waals surface area contributed by atoms with E-state index in [0.29, 0.717) is 19.0 Å². The van der Waals surface area contributed by atoms with Gasteiger partial charge in [-0.2, -0.15) is 0 Å². The second-order valence-corrected chi connectivity index (χ2v) is 6.84. The SMILES string of the molecule is Cn1ccnc1C(NC(=O)C=Cc1ccc2c(c1)OCCCO2)c1ccccc1. The Bertz CT molecular complexity index is 1010. The van der Waals surface area contributed by atoms with Crippen LogP contribution in [0.4, 0.5) is 0 Å². The van der Waals surface area contributed by atoms with Gasteiger partial charge in [-0.05, 0) is 29.3 Å². The van der Waals surface area contributed by atoms with Crippen LogP contribution in [-0.2, 0) is 11.8 Å². The Hall–Kier alpha value is -3.54. The summed E-state index contributed by atoms with van der Waals surface area (Å²) in [7, 11) is 1.91. The van der Waals surface area contributed by atoms with Gasteiger partial charge < -0.3 is 19.4 Å². The number of amides is 1. The highest BCUT2D eigenvalue weighted by atomic mass is 16.5. The van der Waals surface area contributed by atoms with Gasteiger partial charge in [-0.15, -0.1) is 0 Å². The van der Waals surface area contributed by atoms with E-state index in [-0.39, 0.29) is 11.9 Å². The molecule has 4 rings (SSSR count). The summed E-state index contributed by atoms with van der Waals surface area (Å²) in [5, 5.41) is 3.05. The van der Waals surface area contributed by atoms with Crippen LogP contribution >= 0.6 is 0 Å². The highest BCUT2D eigenvalue weighted by molar-refractivity contribution is 5.92. The predicted octanol–water partition coefficient (Wildman–Crippen LogP) is 3.50. The molecule has 2 aromatic carbocycles. The Morgan fingerprint density at radius 2 is 1.93 bits per heavy atom. The first-order valence-corrected chi connectivity index (χ1v) is 9.61. The number of carbonyl (C=O) groups is 1. The number of nitrogens with zero attached hydrogens (tertiary/aromatic N) is 2. The third-order valence-electron chi connectivity index (χ3n) is 4.73. The third-order valence-corrected chi connectivity index (χ3v) is 4.73. The van der Waals surface area contributed by atoms with Gasteiger partial charge in [0.25, 0.3) is 0 Å². The zero-order valence-corrected chi connectivity index (χ0v) is 16.2. The van der Waals surface area contributed by atoms with Crippen molar-refractivity contribution in [1.29, 1.82) is 0 Å². The molecule has 6 heteroatoms. The fourth-order valence-corrected chi connectivity index (χ4v) is 3.24. The van der Waals surface area contributed by atoms with E-state index in [1.807, 2.05) is 66.3 Å². The van der Waals surface area contributed by atoms with E-state index in [4.69, 9.17) is 9.47 Å². The summed E-state index contributed by atoms with van der Waals surface area (Å²) in [5.41, 5.74) is 1.84. The van der Waals surface area contributed by atoms with E-state index >= 15 is 0 Å². The van der Waals surface area contributed by atoms with Crippen molar-refractivity contribution < 1.29 is 14.3 Å². The molecule has 148 valence electrons. The number of imidazole rings is 1. The number of benzene rings is 2. The second kappa shape index (κ2) is 8.65. The topological polar surface area (TPSA) is 65.4 Å². The monoisotopic (exact) mass is 389 g/mol.